The Kier molecular flexibility index (Phi) is 14.7. The second-order valence-electron chi connectivity index (χ2n) is 6.33. The summed E-state index contributed by atoms with van der Waals surface area (Å²) < 4.78 is 26.1. The van der Waals surface area contributed by atoms with Crippen LogP contribution in [0.3, 0.4) is 0 Å². The van der Waals surface area contributed by atoms with Crippen molar-refractivity contribution in [3.05, 3.63) is 54.6 Å². The molecule has 0 amide bonds. The highest BCUT2D eigenvalue weighted by Gasteiger charge is 2.37. The van der Waals surface area contributed by atoms with Crippen molar-refractivity contribution in [3.8, 4) is 5.75 Å². The zero-order valence-corrected chi connectivity index (χ0v) is 18.8. The molecule has 1 aromatic carbocycles. The highest BCUT2D eigenvalue weighted by molar-refractivity contribution is 5.87. The van der Waals surface area contributed by atoms with Crippen LogP contribution in [0, 0.1) is 0 Å². The summed E-state index contributed by atoms with van der Waals surface area (Å²) in [6.45, 7) is 13.2. The van der Waals surface area contributed by atoms with E-state index in [2.05, 4.69) is 13.2 Å². The average Bonchev–Trinajstić information content (AvgIpc) is 2.72. The van der Waals surface area contributed by atoms with Crippen molar-refractivity contribution in [1.82, 2.24) is 0 Å². The first-order chi connectivity index (χ1) is 14.7. The summed E-state index contributed by atoms with van der Waals surface area (Å²) in [5.41, 5.74) is 0.506. The van der Waals surface area contributed by atoms with Gasteiger partial charge in [-0.05, 0) is 45.7 Å². The maximum Gasteiger partial charge on any atom is 0.354 e. The summed E-state index contributed by atoms with van der Waals surface area (Å²) in [4.78, 5) is 21.9. The lowest BCUT2D eigenvalue weighted by Crippen LogP contribution is -2.45. The van der Waals surface area contributed by atoms with Gasteiger partial charge in [-0.25, -0.2) is 9.59 Å². The molecule has 8 nitrogen and oxygen atoms in total. The largest absolute Gasteiger partial charge is 0.494 e. The van der Waals surface area contributed by atoms with E-state index in [4.69, 9.17) is 28.8 Å². The predicted molar refractivity (Wildman–Crippen MR) is 117 cm³/mol. The third-order valence-electron chi connectivity index (χ3n) is 3.58. The van der Waals surface area contributed by atoms with Crippen molar-refractivity contribution in [1.29, 1.82) is 0 Å². The lowest BCUT2D eigenvalue weighted by molar-refractivity contribution is -0.372. The Morgan fingerprint density at radius 2 is 1.65 bits per heavy atom. The molecule has 0 spiro atoms. The fourth-order valence-electron chi connectivity index (χ4n) is 2.16. The van der Waals surface area contributed by atoms with Gasteiger partial charge in [0.1, 0.15) is 12.4 Å². The molecule has 174 valence electrons. The first-order valence-corrected chi connectivity index (χ1v) is 9.95. The van der Waals surface area contributed by atoms with Crippen LogP contribution in [0.1, 0.15) is 33.6 Å². The van der Waals surface area contributed by atoms with Gasteiger partial charge in [-0.15, -0.1) is 0 Å². The van der Waals surface area contributed by atoms with Crippen LogP contribution in [0.25, 0.3) is 0 Å². The average molecular weight is 439 g/mol. The van der Waals surface area contributed by atoms with Crippen LogP contribution >= 0.6 is 0 Å². The van der Waals surface area contributed by atoms with Crippen LogP contribution < -0.4 is 4.74 Å². The van der Waals surface area contributed by atoms with Crippen molar-refractivity contribution in [2.24, 2.45) is 0 Å². The molecule has 0 radical (unpaired) electrons. The molecule has 0 saturated carbocycles. The number of carboxylic acids is 1. The lowest BCUT2D eigenvalue weighted by Gasteiger charge is -2.31. The summed E-state index contributed by atoms with van der Waals surface area (Å²) in [5, 5.41) is 8.56. The number of carbonyl (C=O) groups excluding carboxylic acids is 1. The number of esters is 1. The zero-order chi connectivity index (χ0) is 23.7. The molecule has 0 fully saturated rings. The maximum absolute atomic E-state index is 11.4. The van der Waals surface area contributed by atoms with E-state index in [-0.39, 0.29) is 17.8 Å². The summed E-state index contributed by atoms with van der Waals surface area (Å²) >= 11 is 0. The maximum atomic E-state index is 11.4. The number of aliphatic carboxylic acids is 1. The molecule has 31 heavy (non-hydrogen) atoms. The van der Waals surface area contributed by atoms with Crippen molar-refractivity contribution < 1.29 is 38.4 Å². The Labute approximate surface area is 184 Å². The molecule has 0 atom stereocenters. The SMILES string of the molecule is C=C(C)C(=O)OC(COC)(OCC)OCC.C=C(CCCOc1ccccc1)C(=O)O. The van der Waals surface area contributed by atoms with Crippen LogP contribution in [-0.4, -0.2) is 56.6 Å². The number of rotatable bonds is 14. The monoisotopic (exact) mass is 438 g/mol. The molecular formula is C23H34O8. The molecule has 0 aliphatic rings. The number of methoxy groups -OCH3 is 1. The van der Waals surface area contributed by atoms with Gasteiger partial charge in [0.25, 0.3) is 0 Å². The molecule has 1 aromatic rings. The lowest BCUT2D eigenvalue weighted by atomic mass is 10.2. The quantitative estimate of drug-likeness (QED) is 0.202. The van der Waals surface area contributed by atoms with Crippen LogP contribution in [0.5, 0.6) is 5.75 Å². The van der Waals surface area contributed by atoms with Crippen molar-refractivity contribution in [2.75, 3.05) is 33.5 Å². The van der Waals surface area contributed by atoms with Gasteiger partial charge in [-0.2, -0.15) is 0 Å². The van der Waals surface area contributed by atoms with Gasteiger partial charge in [-0.1, -0.05) is 31.4 Å². The molecule has 8 heteroatoms. The minimum Gasteiger partial charge on any atom is -0.494 e. The second-order valence-corrected chi connectivity index (χ2v) is 6.33. The van der Waals surface area contributed by atoms with Crippen LogP contribution in [-0.2, 0) is 28.5 Å². The molecule has 0 saturated heterocycles. The fourth-order valence-corrected chi connectivity index (χ4v) is 2.16. The number of carboxylic acid groups (broad SMARTS) is 1. The van der Waals surface area contributed by atoms with E-state index in [1.54, 1.807) is 20.8 Å². The first kappa shape index (κ1) is 28.3. The first-order valence-electron chi connectivity index (χ1n) is 9.95. The highest BCUT2D eigenvalue weighted by atomic mass is 16.9. The number of hydrogen-bond acceptors (Lipinski definition) is 7. The minimum atomic E-state index is -1.48. The molecule has 0 heterocycles. The van der Waals surface area contributed by atoms with E-state index in [1.807, 2.05) is 30.3 Å². The minimum absolute atomic E-state index is 0.00764. The molecule has 0 aliphatic carbocycles. The van der Waals surface area contributed by atoms with Crippen LogP contribution in [0.4, 0.5) is 0 Å². The Balaban J connectivity index is 0.000000581. The number of para-hydroxylation sites is 1. The van der Waals surface area contributed by atoms with E-state index in [0.29, 0.717) is 32.7 Å². The standard InChI is InChI=1S/C12H14O3.C11H20O5/c1-10(12(13)14)6-5-9-15-11-7-3-2-4-8-11;1-6-14-11(8-13-5,15-7-2)16-10(12)9(3)4/h2-4,7-8H,1,5-6,9H2,(H,13,14);3,6-8H2,1-2,4-5H3. The normalized spacial score (nSPS) is 10.5. The van der Waals surface area contributed by atoms with E-state index < -0.39 is 17.9 Å². The summed E-state index contributed by atoms with van der Waals surface area (Å²) in [6.07, 6.45) is 1.13. The van der Waals surface area contributed by atoms with Crippen LogP contribution in [0.15, 0.2) is 54.6 Å². The molecule has 1 rings (SSSR count). The smallest absolute Gasteiger partial charge is 0.354 e. The predicted octanol–water partition coefficient (Wildman–Crippen LogP) is 3.97. The molecule has 1 N–H and O–H groups in total. The third kappa shape index (κ3) is 12.6. The van der Waals surface area contributed by atoms with E-state index in [1.165, 1.54) is 7.11 Å². The molecule has 0 aromatic heterocycles. The molecule has 0 unspecified atom stereocenters. The van der Waals surface area contributed by atoms with Crippen LogP contribution in [0.2, 0.25) is 0 Å². The van der Waals surface area contributed by atoms with E-state index in [9.17, 15) is 9.59 Å². The highest BCUT2D eigenvalue weighted by Crippen LogP contribution is 2.18. The van der Waals surface area contributed by atoms with Crippen molar-refractivity contribution >= 4 is 11.9 Å². The number of ether oxygens (including phenoxy) is 5. The van der Waals surface area contributed by atoms with Gasteiger partial charge < -0.3 is 28.8 Å². The van der Waals surface area contributed by atoms with Gasteiger partial charge in [0.2, 0.25) is 0 Å². The molecular weight excluding hydrogens is 404 g/mol. The fraction of sp³-hybridized carbons (Fsp3) is 0.478. The van der Waals surface area contributed by atoms with Gasteiger partial charge in [0.05, 0.1) is 19.8 Å². The van der Waals surface area contributed by atoms with Crippen molar-refractivity contribution in [2.45, 2.75) is 39.6 Å². The summed E-state index contributed by atoms with van der Waals surface area (Å²) in [6, 6.07) is 9.44. The zero-order valence-electron chi connectivity index (χ0n) is 18.8. The third-order valence-corrected chi connectivity index (χ3v) is 3.58. The Morgan fingerprint density at radius 1 is 1.06 bits per heavy atom. The topological polar surface area (TPSA) is 101 Å². The van der Waals surface area contributed by atoms with E-state index in [0.717, 1.165) is 5.75 Å². The van der Waals surface area contributed by atoms with Gasteiger partial charge in [-0.3, -0.25) is 0 Å². The molecule has 0 bridgehead atoms. The Hall–Kier alpha value is -2.68. The number of hydrogen-bond donors (Lipinski definition) is 1. The van der Waals surface area contributed by atoms with Gasteiger partial charge >= 0.3 is 17.9 Å². The molecule has 0 aliphatic heterocycles. The van der Waals surface area contributed by atoms with Crippen molar-refractivity contribution in [3.63, 3.8) is 0 Å². The van der Waals surface area contributed by atoms with Gasteiger partial charge in [0.15, 0.2) is 0 Å². The Morgan fingerprint density at radius 3 is 2.10 bits per heavy atom. The Bertz CT molecular complexity index is 667. The van der Waals surface area contributed by atoms with E-state index >= 15 is 0 Å². The van der Waals surface area contributed by atoms with Gasteiger partial charge in [0, 0.05) is 18.3 Å². The summed E-state index contributed by atoms with van der Waals surface area (Å²) in [7, 11) is 1.47. The number of carbonyl (C=O) groups is 2. The second kappa shape index (κ2) is 16.1. The summed E-state index contributed by atoms with van der Waals surface area (Å²) in [5.74, 6) is -2.18. The number of benzene rings is 1.